The molecule has 0 amide bonds. The van der Waals surface area contributed by atoms with Gasteiger partial charge in [0.2, 0.25) is 0 Å². The molecule has 0 aliphatic heterocycles. The Kier molecular flexibility index (Phi) is 6.32. The Labute approximate surface area is 103 Å². The number of hydrogen-bond acceptors (Lipinski definition) is 5. The summed E-state index contributed by atoms with van der Waals surface area (Å²) in [5.74, 6) is 1.81. The van der Waals surface area contributed by atoms with Crippen LogP contribution in [0.25, 0.3) is 0 Å². The van der Waals surface area contributed by atoms with Crippen molar-refractivity contribution in [2.75, 3.05) is 37.4 Å². The summed E-state index contributed by atoms with van der Waals surface area (Å²) >= 11 is 0. The highest BCUT2D eigenvalue weighted by atomic mass is 16.5. The van der Waals surface area contributed by atoms with Gasteiger partial charge in [-0.2, -0.15) is 0 Å². The Morgan fingerprint density at radius 3 is 2.41 bits per heavy atom. The van der Waals surface area contributed by atoms with E-state index in [9.17, 15) is 0 Å². The average Bonchev–Trinajstić information content (AvgIpc) is 2.35. The van der Waals surface area contributed by atoms with Crippen molar-refractivity contribution in [1.82, 2.24) is 9.97 Å². The lowest BCUT2D eigenvalue weighted by Crippen LogP contribution is -2.10. The largest absolute Gasteiger partial charge is 0.385 e. The Balaban J connectivity index is 2.53. The van der Waals surface area contributed by atoms with Gasteiger partial charge >= 0.3 is 0 Å². The van der Waals surface area contributed by atoms with E-state index in [1.54, 1.807) is 13.4 Å². The molecule has 1 aromatic heterocycles. The van der Waals surface area contributed by atoms with Gasteiger partial charge in [0, 0.05) is 32.4 Å². The molecule has 0 aliphatic rings. The van der Waals surface area contributed by atoms with Gasteiger partial charge in [-0.1, -0.05) is 6.92 Å². The molecule has 0 saturated carbocycles. The van der Waals surface area contributed by atoms with Crippen LogP contribution in [0.2, 0.25) is 0 Å². The van der Waals surface area contributed by atoms with E-state index in [-0.39, 0.29) is 0 Å². The second-order valence-electron chi connectivity index (χ2n) is 3.90. The molecular formula is C12H22N4O. The molecule has 1 aromatic rings. The Morgan fingerprint density at radius 1 is 1.18 bits per heavy atom. The lowest BCUT2D eigenvalue weighted by molar-refractivity contribution is 0.197. The highest BCUT2D eigenvalue weighted by Crippen LogP contribution is 2.17. The first-order valence-electron chi connectivity index (χ1n) is 6.07. The minimum Gasteiger partial charge on any atom is -0.385 e. The van der Waals surface area contributed by atoms with E-state index in [1.165, 1.54) is 0 Å². The van der Waals surface area contributed by atoms with Crippen LogP contribution in [0.1, 0.15) is 25.3 Å². The fourth-order valence-electron chi connectivity index (χ4n) is 1.47. The molecule has 2 N–H and O–H groups in total. The maximum Gasteiger partial charge on any atom is 0.134 e. The second-order valence-corrected chi connectivity index (χ2v) is 3.90. The SMILES string of the molecule is CCCNc1ncnc(NCCCOC)c1C. The molecule has 0 fully saturated rings. The van der Waals surface area contributed by atoms with Crippen molar-refractivity contribution in [1.29, 1.82) is 0 Å². The Bertz CT molecular complexity index is 330. The minimum absolute atomic E-state index is 0.762. The first kappa shape index (κ1) is 13.7. The van der Waals surface area contributed by atoms with Crippen molar-refractivity contribution in [2.45, 2.75) is 26.7 Å². The fraction of sp³-hybridized carbons (Fsp3) is 0.667. The minimum atomic E-state index is 0.762. The predicted octanol–water partition coefficient (Wildman–Crippen LogP) is 2.06. The summed E-state index contributed by atoms with van der Waals surface area (Å²) in [6.07, 6.45) is 3.64. The third kappa shape index (κ3) is 4.56. The van der Waals surface area contributed by atoms with Crippen molar-refractivity contribution in [3.05, 3.63) is 11.9 Å². The zero-order valence-electron chi connectivity index (χ0n) is 10.9. The number of methoxy groups -OCH3 is 1. The highest BCUT2D eigenvalue weighted by Gasteiger charge is 2.05. The molecule has 0 bridgehead atoms. The van der Waals surface area contributed by atoms with E-state index in [4.69, 9.17) is 4.74 Å². The molecule has 0 radical (unpaired) electrons. The summed E-state index contributed by atoms with van der Waals surface area (Å²) < 4.78 is 5.00. The summed E-state index contributed by atoms with van der Waals surface area (Å²) in [6, 6.07) is 0. The number of ether oxygens (including phenoxy) is 1. The van der Waals surface area contributed by atoms with Crippen LogP contribution in [0.15, 0.2) is 6.33 Å². The maximum absolute atomic E-state index is 5.00. The lowest BCUT2D eigenvalue weighted by atomic mass is 10.3. The number of nitrogens with one attached hydrogen (secondary N) is 2. The normalized spacial score (nSPS) is 10.3. The molecule has 0 unspecified atom stereocenters. The first-order valence-corrected chi connectivity index (χ1v) is 6.07. The van der Waals surface area contributed by atoms with Gasteiger partial charge in [0.05, 0.1) is 0 Å². The highest BCUT2D eigenvalue weighted by molar-refractivity contribution is 5.56. The average molecular weight is 238 g/mol. The molecule has 0 atom stereocenters. The summed E-state index contributed by atoms with van der Waals surface area (Å²) in [6.45, 7) is 6.71. The summed E-state index contributed by atoms with van der Waals surface area (Å²) in [5.41, 5.74) is 1.07. The van der Waals surface area contributed by atoms with Crippen molar-refractivity contribution in [3.8, 4) is 0 Å². The molecule has 1 heterocycles. The van der Waals surface area contributed by atoms with Gasteiger partial charge in [0.25, 0.3) is 0 Å². The van der Waals surface area contributed by atoms with E-state index in [0.717, 1.165) is 49.7 Å². The zero-order chi connectivity index (χ0) is 12.5. The third-order valence-corrected chi connectivity index (χ3v) is 2.44. The Morgan fingerprint density at radius 2 is 1.82 bits per heavy atom. The topological polar surface area (TPSA) is 59.1 Å². The second kappa shape index (κ2) is 7.84. The molecule has 0 aromatic carbocycles. The molecule has 0 aliphatic carbocycles. The number of anilines is 2. The van der Waals surface area contributed by atoms with Crippen LogP contribution in [0.5, 0.6) is 0 Å². The van der Waals surface area contributed by atoms with E-state index in [1.807, 2.05) is 6.92 Å². The van der Waals surface area contributed by atoms with Crippen molar-refractivity contribution in [2.24, 2.45) is 0 Å². The molecule has 0 spiro atoms. The van der Waals surface area contributed by atoms with Gasteiger partial charge in [-0.15, -0.1) is 0 Å². The van der Waals surface area contributed by atoms with Gasteiger partial charge < -0.3 is 15.4 Å². The first-order chi connectivity index (χ1) is 8.29. The number of rotatable bonds is 8. The van der Waals surface area contributed by atoms with Crippen LogP contribution < -0.4 is 10.6 Å². The van der Waals surface area contributed by atoms with Crippen LogP contribution in [0, 0.1) is 6.92 Å². The number of nitrogens with zero attached hydrogens (tertiary/aromatic N) is 2. The van der Waals surface area contributed by atoms with Gasteiger partial charge in [-0.05, 0) is 19.8 Å². The summed E-state index contributed by atoms with van der Waals surface area (Å²) in [7, 11) is 1.71. The van der Waals surface area contributed by atoms with E-state index in [2.05, 4.69) is 27.5 Å². The van der Waals surface area contributed by atoms with Crippen molar-refractivity contribution in [3.63, 3.8) is 0 Å². The molecule has 5 nitrogen and oxygen atoms in total. The molecule has 1 rings (SSSR count). The van der Waals surface area contributed by atoms with E-state index >= 15 is 0 Å². The fourth-order valence-corrected chi connectivity index (χ4v) is 1.47. The van der Waals surface area contributed by atoms with Crippen LogP contribution in [-0.2, 0) is 4.74 Å². The molecule has 17 heavy (non-hydrogen) atoms. The van der Waals surface area contributed by atoms with Crippen LogP contribution in [-0.4, -0.2) is 36.8 Å². The molecule has 0 saturated heterocycles. The van der Waals surface area contributed by atoms with Crippen LogP contribution in [0.4, 0.5) is 11.6 Å². The van der Waals surface area contributed by atoms with Gasteiger partial charge in [0.15, 0.2) is 0 Å². The molecule has 5 heteroatoms. The lowest BCUT2D eigenvalue weighted by Gasteiger charge is -2.12. The van der Waals surface area contributed by atoms with E-state index in [0.29, 0.717) is 0 Å². The maximum atomic E-state index is 5.00. The van der Waals surface area contributed by atoms with Crippen molar-refractivity contribution >= 4 is 11.6 Å². The standard InChI is InChI=1S/C12H22N4O/c1-4-6-13-11-10(2)12(16-9-15-11)14-7-5-8-17-3/h9H,4-8H2,1-3H3,(H2,13,14,15,16). The van der Waals surface area contributed by atoms with Gasteiger partial charge in [0.1, 0.15) is 18.0 Å². The van der Waals surface area contributed by atoms with E-state index < -0.39 is 0 Å². The quantitative estimate of drug-likeness (QED) is 0.679. The van der Waals surface area contributed by atoms with Gasteiger partial charge in [-0.25, -0.2) is 9.97 Å². The molecule has 96 valence electrons. The Hall–Kier alpha value is -1.36. The summed E-state index contributed by atoms with van der Waals surface area (Å²) in [5, 5.41) is 6.58. The third-order valence-electron chi connectivity index (χ3n) is 2.44. The van der Waals surface area contributed by atoms with Crippen LogP contribution >= 0.6 is 0 Å². The monoisotopic (exact) mass is 238 g/mol. The smallest absolute Gasteiger partial charge is 0.134 e. The van der Waals surface area contributed by atoms with Crippen molar-refractivity contribution < 1.29 is 4.74 Å². The van der Waals surface area contributed by atoms with Gasteiger partial charge in [-0.3, -0.25) is 0 Å². The zero-order valence-corrected chi connectivity index (χ0v) is 10.9. The molecular weight excluding hydrogens is 216 g/mol. The predicted molar refractivity (Wildman–Crippen MR) is 70.5 cm³/mol. The van der Waals surface area contributed by atoms with Crippen LogP contribution in [0.3, 0.4) is 0 Å². The number of hydrogen-bond donors (Lipinski definition) is 2. The number of aromatic nitrogens is 2. The summed E-state index contributed by atoms with van der Waals surface area (Å²) in [4.78, 5) is 8.48.